The first-order chi connectivity index (χ1) is 13.7. The molecule has 8 heteroatoms. The Morgan fingerprint density at radius 2 is 1.79 bits per heavy atom. The van der Waals surface area contributed by atoms with E-state index in [-0.39, 0.29) is 28.8 Å². The number of nitrogens with zero attached hydrogens (tertiary/aromatic N) is 1. The Morgan fingerprint density at radius 1 is 1.03 bits per heavy atom. The van der Waals surface area contributed by atoms with E-state index >= 15 is 0 Å². The van der Waals surface area contributed by atoms with Crippen LogP contribution in [0.15, 0.2) is 54.9 Å². The van der Waals surface area contributed by atoms with Crippen LogP contribution < -0.4 is 5.32 Å². The van der Waals surface area contributed by atoms with Crippen LogP contribution in [0.25, 0.3) is 0 Å². The number of hydrogen-bond acceptors (Lipinski definition) is 2. The summed E-state index contributed by atoms with van der Waals surface area (Å²) in [5, 5.41) is 2.40. The Balaban J connectivity index is 1.82. The van der Waals surface area contributed by atoms with Crippen LogP contribution >= 0.6 is 0 Å². The number of rotatable bonds is 4. The first-order valence-electron chi connectivity index (χ1n) is 8.52. The summed E-state index contributed by atoms with van der Waals surface area (Å²) in [5.41, 5.74) is -0.732. The molecular weight excluding hydrogens is 391 g/mol. The molecule has 0 aliphatic rings. The third-order valence-electron chi connectivity index (χ3n) is 4.36. The van der Waals surface area contributed by atoms with E-state index in [0.29, 0.717) is 11.8 Å². The molecule has 1 amide bonds. The second kappa shape index (κ2) is 7.98. The largest absolute Gasteiger partial charge is 0.418 e. The molecule has 1 aromatic heterocycles. The van der Waals surface area contributed by atoms with Crippen molar-refractivity contribution in [3.63, 3.8) is 0 Å². The van der Waals surface area contributed by atoms with Gasteiger partial charge in [0.2, 0.25) is 0 Å². The molecule has 3 rings (SSSR count). The lowest BCUT2D eigenvalue weighted by Crippen LogP contribution is -2.15. The van der Waals surface area contributed by atoms with E-state index in [2.05, 4.69) is 10.3 Å². The summed E-state index contributed by atoms with van der Waals surface area (Å²) in [5.74, 6) is -2.25. The fourth-order valence-electron chi connectivity index (χ4n) is 2.92. The lowest BCUT2D eigenvalue weighted by Gasteiger charge is -2.13. The van der Waals surface area contributed by atoms with Gasteiger partial charge in [-0.3, -0.25) is 9.78 Å². The number of amides is 1. The van der Waals surface area contributed by atoms with Crippen LogP contribution in [0.4, 0.5) is 27.6 Å². The number of aromatic nitrogens is 1. The number of aryl methyl sites for hydroxylation is 1. The predicted molar refractivity (Wildman–Crippen MR) is 97.5 cm³/mol. The monoisotopic (exact) mass is 406 g/mol. The van der Waals surface area contributed by atoms with Gasteiger partial charge < -0.3 is 5.32 Å². The molecular formula is C21H15F5N2O. The highest BCUT2D eigenvalue weighted by atomic mass is 19.4. The first kappa shape index (κ1) is 20.4. The molecule has 0 aliphatic carbocycles. The fraction of sp³-hybridized carbons (Fsp3) is 0.143. The topological polar surface area (TPSA) is 42.0 Å². The highest BCUT2D eigenvalue weighted by Gasteiger charge is 2.33. The second-order valence-corrected chi connectivity index (χ2v) is 6.40. The van der Waals surface area contributed by atoms with Crippen LogP contribution in [0, 0.1) is 18.6 Å². The fourth-order valence-corrected chi connectivity index (χ4v) is 2.92. The molecule has 0 spiro atoms. The molecule has 0 radical (unpaired) electrons. The van der Waals surface area contributed by atoms with E-state index in [1.165, 1.54) is 30.5 Å². The highest BCUT2D eigenvalue weighted by molar-refractivity contribution is 6.05. The van der Waals surface area contributed by atoms with Gasteiger partial charge in [-0.2, -0.15) is 13.2 Å². The lowest BCUT2D eigenvalue weighted by molar-refractivity contribution is -0.138. The summed E-state index contributed by atoms with van der Waals surface area (Å²) in [6.45, 7) is 1.56. The summed E-state index contributed by atoms with van der Waals surface area (Å²) in [7, 11) is 0. The molecule has 0 atom stereocenters. The average Bonchev–Trinajstić information content (AvgIpc) is 2.63. The maximum absolute atomic E-state index is 14.5. The van der Waals surface area contributed by atoms with Crippen molar-refractivity contribution in [2.75, 3.05) is 5.32 Å². The van der Waals surface area contributed by atoms with Gasteiger partial charge in [0.05, 0.1) is 11.1 Å². The van der Waals surface area contributed by atoms with Crippen molar-refractivity contribution in [1.82, 2.24) is 4.98 Å². The molecule has 2 aromatic carbocycles. The van der Waals surface area contributed by atoms with Crippen molar-refractivity contribution >= 4 is 11.6 Å². The molecule has 1 N–H and O–H groups in total. The van der Waals surface area contributed by atoms with Gasteiger partial charge in [-0.1, -0.05) is 18.2 Å². The average molecular weight is 406 g/mol. The molecule has 0 saturated carbocycles. The third-order valence-corrected chi connectivity index (χ3v) is 4.36. The van der Waals surface area contributed by atoms with Gasteiger partial charge >= 0.3 is 6.18 Å². The number of carbonyl (C=O) groups excluding carboxylic acids is 1. The predicted octanol–water partition coefficient (Wildman–Crippen LogP) is 5.53. The number of halogens is 5. The maximum Gasteiger partial charge on any atom is 0.418 e. The van der Waals surface area contributed by atoms with E-state index in [9.17, 15) is 26.7 Å². The summed E-state index contributed by atoms with van der Waals surface area (Å²) >= 11 is 0. The molecule has 0 bridgehead atoms. The van der Waals surface area contributed by atoms with E-state index in [1.54, 1.807) is 13.0 Å². The summed E-state index contributed by atoms with van der Waals surface area (Å²) in [6.07, 6.45) is -3.01. The minimum atomic E-state index is -4.61. The molecule has 0 fully saturated rings. The molecule has 0 saturated heterocycles. The number of carbonyl (C=O) groups is 1. The van der Waals surface area contributed by atoms with Crippen LogP contribution in [0.3, 0.4) is 0 Å². The molecule has 3 nitrogen and oxygen atoms in total. The van der Waals surface area contributed by atoms with Gasteiger partial charge in [0.25, 0.3) is 5.91 Å². The van der Waals surface area contributed by atoms with Crippen molar-refractivity contribution in [3.8, 4) is 0 Å². The standard InChI is InChI=1S/C21H15F5N2O/c1-12-3-2-4-17(22)19(12)20(29)28-15-6-5-14(18(23)10-15)9-13-7-8-27-11-16(13)21(24,25)26/h2-8,10-11H,9H2,1H3,(H,28,29). The van der Waals surface area contributed by atoms with Crippen LogP contribution in [0.5, 0.6) is 0 Å². The Morgan fingerprint density at radius 3 is 2.45 bits per heavy atom. The molecule has 3 aromatic rings. The number of hydrogen-bond donors (Lipinski definition) is 1. The summed E-state index contributed by atoms with van der Waals surface area (Å²) in [4.78, 5) is 15.8. The summed E-state index contributed by atoms with van der Waals surface area (Å²) in [6, 6.07) is 8.95. The van der Waals surface area contributed by atoms with E-state index in [4.69, 9.17) is 0 Å². The lowest BCUT2D eigenvalue weighted by atomic mass is 10.0. The SMILES string of the molecule is Cc1cccc(F)c1C(=O)Nc1ccc(Cc2ccncc2C(F)(F)F)c(F)c1. The summed E-state index contributed by atoms with van der Waals surface area (Å²) < 4.78 is 67.6. The minimum absolute atomic E-state index is 0.0155. The zero-order valence-electron chi connectivity index (χ0n) is 15.1. The quantitative estimate of drug-likeness (QED) is 0.579. The van der Waals surface area contributed by atoms with E-state index in [1.807, 2.05) is 0 Å². The van der Waals surface area contributed by atoms with Gasteiger partial charge in [0.1, 0.15) is 11.6 Å². The molecule has 1 heterocycles. The second-order valence-electron chi connectivity index (χ2n) is 6.40. The molecule has 0 unspecified atom stereocenters. The molecule has 0 aliphatic heterocycles. The number of pyridine rings is 1. The normalized spacial score (nSPS) is 11.4. The smallest absolute Gasteiger partial charge is 0.322 e. The van der Waals surface area contributed by atoms with E-state index < -0.39 is 29.3 Å². The minimum Gasteiger partial charge on any atom is -0.322 e. The number of alkyl halides is 3. The zero-order chi connectivity index (χ0) is 21.2. The van der Waals surface area contributed by atoms with E-state index in [0.717, 1.165) is 12.1 Å². The van der Waals surface area contributed by atoms with Crippen molar-refractivity contribution in [2.45, 2.75) is 19.5 Å². The van der Waals surface area contributed by atoms with Crippen LogP contribution in [-0.4, -0.2) is 10.9 Å². The Bertz CT molecular complexity index is 1040. The van der Waals surface area contributed by atoms with Crippen molar-refractivity contribution in [1.29, 1.82) is 0 Å². The van der Waals surface area contributed by atoms with Crippen LogP contribution in [-0.2, 0) is 12.6 Å². The van der Waals surface area contributed by atoms with Gasteiger partial charge in [-0.25, -0.2) is 8.78 Å². The van der Waals surface area contributed by atoms with Crippen molar-refractivity contribution in [2.24, 2.45) is 0 Å². The van der Waals surface area contributed by atoms with Gasteiger partial charge in [0.15, 0.2) is 0 Å². The highest BCUT2D eigenvalue weighted by Crippen LogP contribution is 2.32. The van der Waals surface area contributed by atoms with Crippen molar-refractivity contribution in [3.05, 3.63) is 94.3 Å². The number of nitrogens with one attached hydrogen (secondary N) is 1. The molecule has 150 valence electrons. The van der Waals surface area contributed by atoms with Gasteiger partial charge in [-0.05, 0) is 47.9 Å². The van der Waals surface area contributed by atoms with Gasteiger partial charge in [-0.15, -0.1) is 0 Å². The Labute approximate surface area is 163 Å². The first-order valence-corrected chi connectivity index (χ1v) is 8.52. The Kier molecular flexibility index (Phi) is 5.63. The van der Waals surface area contributed by atoms with Crippen molar-refractivity contribution < 1.29 is 26.7 Å². The number of benzene rings is 2. The van der Waals surface area contributed by atoms with Gasteiger partial charge in [0, 0.05) is 24.5 Å². The van der Waals surface area contributed by atoms with Crippen LogP contribution in [0.1, 0.15) is 32.6 Å². The maximum atomic E-state index is 14.5. The Hall–Kier alpha value is -3.29. The third kappa shape index (κ3) is 4.59. The molecule has 29 heavy (non-hydrogen) atoms. The number of anilines is 1. The van der Waals surface area contributed by atoms with Crippen LogP contribution in [0.2, 0.25) is 0 Å². The zero-order valence-corrected chi connectivity index (χ0v) is 15.1.